The minimum Gasteiger partial charge on any atom is -0.459 e. The number of hydrogen-bond donors (Lipinski definition) is 1. The fourth-order valence-electron chi connectivity index (χ4n) is 1.63. The van der Waals surface area contributed by atoms with E-state index in [2.05, 4.69) is 5.16 Å². The second-order valence-corrected chi connectivity index (χ2v) is 4.05. The maximum absolute atomic E-state index is 10.7. The van der Waals surface area contributed by atoms with Gasteiger partial charge in [0, 0.05) is 19.1 Å². The summed E-state index contributed by atoms with van der Waals surface area (Å²) in [5.74, 6) is -0.414. The van der Waals surface area contributed by atoms with Crippen molar-refractivity contribution in [1.29, 1.82) is 0 Å². The molecule has 0 heterocycles. The van der Waals surface area contributed by atoms with E-state index in [0.717, 1.165) is 5.56 Å². The highest BCUT2D eigenvalue weighted by atomic mass is 16.5. The highest BCUT2D eigenvalue weighted by molar-refractivity contribution is 6.01. The lowest BCUT2D eigenvalue weighted by molar-refractivity contribution is -0.139. The fourth-order valence-corrected chi connectivity index (χ4v) is 1.63. The molecule has 5 heteroatoms. The minimum absolute atomic E-state index is 0.0158. The second kappa shape index (κ2) is 7.53. The molecule has 0 aliphatic heterocycles. The first-order valence-corrected chi connectivity index (χ1v) is 6.14. The van der Waals surface area contributed by atoms with Gasteiger partial charge in [-0.25, -0.2) is 0 Å². The van der Waals surface area contributed by atoms with Gasteiger partial charge in [-0.05, 0) is 19.4 Å². The fraction of sp³-hybridized carbons (Fsp3) is 0.429. The van der Waals surface area contributed by atoms with Crippen LogP contribution in [0.4, 0.5) is 0 Å². The summed E-state index contributed by atoms with van der Waals surface area (Å²) < 4.78 is 10.3. The van der Waals surface area contributed by atoms with Gasteiger partial charge in [0.2, 0.25) is 0 Å². The van der Waals surface area contributed by atoms with Crippen molar-refractivity contribution < 1.29 is 19.5 Å². The number of carbonyl (C=O) groups is 1. The number of benzene rings is 1. The van der Waals surface area contributed by atoms with Crippen molar-refractivity contribution in [2.24, 2.45) is 5.16 Å². The number of rotatable bonds is 6. The molecule has 0 radical (unpaired) electrons. The van der Waals surface area contributed by atoms with Gasteiger partial charge >= 0.3 is 5.97 Å². The van der Waals surface area contributed by atoms with Gasteiger partial charge in [0.25, 0.3) is 0 Å². The summed E-state index contributed by atoms with van der Waals surface area (Å²) in [6, 6.07) is 7.41. The van der Waals surface area contributed by atoms with Crippen LogP contribution in [0.1, 0.15) is 38.0 Å². The lowest BCUT2D eigenvalue weighted by Crippen LogP contribution is -2.13. The van der Waals surface area contributed by atoms with Gasteiger partial charge in [-0.2, -0.15) is 0 Å². The van der Waals surface area contributed by atoms with Crippen molar-refractivity contribution >= 4 is 11.7 Å². The van der Waals surface area contributed by atoms with Crippen LogP contribution in [0.15, 0.2) is 29.4 Å². The Bertz CT molecular complexity index is 439. The lowest BCUT2D eigenvalue weighted by atomic mass is 10.1. The van der Waals surface area contributed by atoms with Crippen LogP contribution in [0.2, 0.25) is 0 Å². The zero-order valence-electron chi connectivity index (χ0n) is 11.4. The third-order valence-corrected chi connectivity index (χ3v) is 2.66. The first-order valence-electron chi connectivity index (χ1n) is 6.14. The Hall–Kier alpha value is -1.88. The van der Waals surface area contributed by atoms with E-state index in [9.17, 15) is 4.79 Å². The number of oxime groups is 1. The molecule has 1 N–H and O–H groups in total. The molecule has 19 heavy (non-hydrogen) atoms. The molecule has 1 aromatic carbocycles. The van der Waals surface area contributed by atoms with E-state index in [1.165, 1.54) is 6.92 Å². The van der Waals surface area contributed by atoms with Crippen LogP contribution in [0.25, 0.3) is 0 Å². The second-order valence-electron chi connectivity index (χ2n) is 4.05. The van der Waals surface area contributed by atoms with Gasteiger partial charge in [0.05, 0.1) is 6.10 Å². The van der Waals surface area contributed by atoms with E-state index >= 15 is 0 Å². The van der Waals surface area contributed by atoms with Crippen LogP contribution in [-0.4, -0.2) is 30.1 Å². The molecular weight excluding hydrogens is 246 g/mol. The summed E-state index contributed by atoms with van der Waals surface area (Å²) in [4.78, 5) is 10.7. The number of nitrogens with zero attached hydrogens (tertiary/aromatic N) is 1. The van der Waals surface area contributed by atoms with Crippen LogP contribution in [0.5, 0.6) is 0 Å². The SMILES string of the molecule is CCOC(C)c1ccc(C(COC(C)=O)=NO)cc1. The first-order chi connectivity index (χ1) is 9.08. The number of hydrogen-bond acceptors (Lipinski definition) is 5. The standard InChI is InChI=1S/C14H19NO4/c1-4-18-10(2)12-5-7-13(8-6-12)14(15-17)9-19-11(3)16/h5-8,10,17H,4,9H2,1-3H3. The largest absolute Gasteiger partial charge is 0.459 e. The Morgan fingerprint density at radius 1 is 1.37 bits per heavy atom. The van der Waals surface area contributed by atoms with Gasteiger partial charge in [0.15, 0.2) is 0 Å². The van der Waals surface area contributed by atoms with Crippen LogP contribution in [0.3, 0.4) is 0 Å². The molecule has 0 aliphatic carbocycles. The Morgan fingerprint density at radius 3 is 2.47 bits per heavy atom. The monoisotopic (exact) mass is 265 g/mol. The number of carbonyl (C=O) groups excluding carboxylic acids is 1. The minimum atomic E-state index is -0.414. The van der Waals surface area contributed by atoms with E-state index in [4.69, 9.17) is 14.7 Å². The van der Waals surface area contributed by atoms with Crippen LogP contribution in [-0.2, 0) is 14.3 Å². The van der Waals surface area contributed by atoms with Gasteiger partial charge in [-0.15, -0.1) is 0 Å². The molecule has 104 valence electrons. The zero-order chi connectivity index (χ0) is 14.3. The molecule has 1 rings (SSSR count). The van der Waals surface area contributed by atoms with Crippen molar-refractivity contribution in [3.63, 3.8) is 0 Å². The van der Waals surface area contributed by atoms with E-state index in [1.807, 2.05) is 38.1 Å². The predicted molar refractivity (Wildman–Crippen MR) is 71.4 cm³/mol. The van der Waals surface area contributed by atoms with Gasteiger partial charge in [-0.1, -0.05) is 29.4 Å². The van der Waals surface area contributed by atoms with Crippen LogP contribution in [0, 0.1) is 0 Å². The first kappa shape index (κ1) is 15.2. The average Bonchev–Trinajstić information content (AvgIpc) is 2.40. The molecular formula is C14H19NO4. The van der Waals surface area contributed by atoms with Gasteiger partial charge in [0.1, 0.15) is 12.3 Å². The Labute approximate surface area is 112 Å². The normalized spacial score (nSPS) is 13.1. The smallest absolute Gasteiger partial charge is 0.303 e. The van der Waals surface area contributed by atoms with Crippen molar-refractivity contribution in [3.8, 4) is 0 Å². The molecule has 0 bridgehead atoms. The molecule has 1 aromatic rings. The number of ether oxygens (including phenoxy) is 2. The third-order valence-electron chi connectivity index (χ3n) is 2.66. The average molecular weight is 265 g/mol. The molecule has 0 fully saturated rings. The summed E-state index contributed by atoms with van der Waals surface area (Å²) in [5, 5.41) is 12.1. The number of esters is 1. The summed E-state index contributed by atoms with van der Waals surface area (Å²) in [7, 11) is 0. The highest BCUT2D eigenvalue weighted by Crippen LogP contribution is 2.17. The molecule has 0 saturated carbocycles. The molecule has 0 aromatic heterocycles. The molecule has 0 aliphatic rings. The molecule has 0 spiro atoms. The molecule has 5 nitrogen and oxygen atoms in total. The summed E-state index contributed by atoms with van der Waals surface area (Å²) >= 11 is 0. The predicted octanol–water partition coefficient (Wildman–Crippen LogP) is 2.53. The lowest BCUT2D eigenvalue weighted by Gasteiger charge is -2.12. The Kier molecular flexibility index (Phi) is 6.02. The quantitative estimate of drug-likeness (QED) is 0.371. The maximum Gasteiger partial charge on any atom is 0.303 e. The van der Waals surface area contributed by atoms with Gasteiger partial charge in [-0.3, -0.25) is 4.79 Å². The van der Waals surface area contributed by atoms with E-state index in [0.29, 0.717) is 17.9 Å². The van der Waals surface area contributed by atoms with E-state index in [-0.39, 0.29) is 12.7 Å². The summed E-state index contributed by atoms with van der Waals surface area (Å²) in [6.45, 7) is 5.83. The third kappa shape index (κ3) is 4.71. The molecule has 0 amide bonds. The molecule has 1 unspecified atom stereocenters. The summed E-state index contributed by atoms with van der Waals surface area (Å²) in [6.07, 6.45) is 0.0158. The topological polar surface area (TPSA) is 68.1 Å². The highest BCUT2D eigenvalue weighted by Gasteiger charge is 2.09. The Morgan fingerprint density at radius 2 is 2.00 bits per heavy atom. The van der Waals surface area contributed by atoms with Crippen LogP contribution >= 0.6 is 0 Å². The molecule has 0 saturated heterocycles. The van der Waals surface area contributed by atoms with Gasteiger partial charge < -0.3 is 14.7 Å². The molecule has 1 atom stereocenters. The van der Waals surface area contributed by atoms with Crippen molar-refractivity contribution in [2.75, 3.05) is 13.2 Å². The Balaban J connectivity index is 2.76. The van der Waals surface area contributed by atoms with E-state index in [1.54, 1.807) is 0 Å². The van der Waals surface area contributed by atoms with Crippen molar-refractivity contribution in [3.05, 3.63) is 35.4 Å². The summed E-state index contributed by atoms with van der Waals surface area (Å²) in [5.41, 5.74) is 2.05. The zero-order valence-corrected chi connectivity index (χ0v) is 11.4. The maximum atomic E-state index is 10.7. The van der Waals surface area contributed by atoms with Crippen LogP contribution < -0.4 is 0 Å². The van der Waals surface area contributed by atoms with Crippen molar-refractivity contribution in [1.82, 2.24) is 0 Å². The van der Waals surface area contributed by atoms with E-state index < -0.39 is 5.97 Å². The van der Waals surface area contributed by atoms with Crippen molar-refractivity contribution in [2.45, 2.75) is 26.9 Å².